The highest BCUT2D eigenvalue weighted by Crippen LogP contribution is 2.19. The zero-order valence-corrected chi connectivity index (χ0v) is 11.0. The van der Waals surface area contributed by atoms with Gasteiger partial charge in [0.2, 0.25) is 5.78 Å². The Hall–Kier alpha value is -2.60. The topological polar surface area (TPSA) is 73.1 Å². The fourth-order valence-electron chi connectivity index (χ4n) is 1.74. The molecule has 0 aliphatic carbocycles. The van der Waals surface area contributed by atoms with Crippen molar-refractivity contribution in [3.63, 3.8) is 0 Å². The van der Waals surface area contributed by atoms with Crippen LogP contribution >= 0.6 is 11.3 Å². The second kappa shape index (κ2) is 5.18. The van der Waals surface area contributed by atoms with Crippen molar-refractivity contribution in [2.75, 3.05) is 0 Å². The highest BCUT2D eigenvalue weighted by Gasteiger charge is 2.24. The quantitative estimate of drug-likeness (QED) is 0.688. The summed E-state index contributed by atoms with van der Waals surface area (Å²) in [5, 5.41) is 5.45. The highest BCUT2D eigenvalue weighted by atomic mass is 32.1. The third kappa shape index (κ3) is 2.17. The van der Waals surface area contributed by atoms with Crippen LogP contribution in [-0.4, -0.2) is 21.7 Å². The van der Waals surface area contributed by atoms with Crippen LogP contribution in [0.1, 0.15) is 31.3 Å². The molecule has 20 heavy (non-hydrogen) atoms. The standard InChI is InChI=1S/C14H8N2O3S/c17-13(9-3-1-5-15-7-9)10-8-19-16-12(10)14(18)11-4-2-6-20-11/h1-8H. The molecule has 98 valence electrons. The van der Waals surface area contributed by atoms with Crippen molar-refractivity contribution >= 4 is 22.9 Å². The molecule has 0 saturated carbocycles. The summed E-state index contributed by atoms with van der Waals surface area (Å²) < 4.78 is 4.80. The molecule has 0 aliphatic rings. The molecule has 3 rings (SSSR count). The van der Waals surface area contributed by atoms with Crippen LogP contribution in [0.25, 0.3) is 0 Å². The van der Waals surface area contributed by atoms with Crippen LogP contribution in [-0.2, 0) is 0 Å². The number of thiophene rings is 1. The van der Waals surface area contributed by atoms with Gasteiger partial charge in [-0.15, -0.1) is 11.3 Å². The van der Waals surface area contributed by atoms with Crippen LogP contribution in [0, 0.1) is 0 Å². The molecule has 0 atom stereocenters. The van der Waals surface area contributed by atoms with Crippen molar-refractivity contribution in [2.45, 2.75) is 0 Å². The van der Waals surface area contributed by atoms with Gasteiger partial charge in [0, 0.05) is 18.0 Å². The van der Waals surface area contributed by atoms with E-state index in [0.29, 0.717) is 10.4 Å². The molecule has 0 aromatic carbocycles. The Balaban J connectivity index is 1.99. The summed E-state index contributed by atoms with van der Waals surface area (Å²) in [4.78, 5) is 29.0. The first-order valence-corrected chi connectivity index (χ1v) is 6.62. The number of aromatic nitrogens is 2. The first-order valence-electron chi connectivity index (χ1n) is 5.74. The number of ketones is 2. The molecule has 0 fully saturated rings. The molecule has 3 aromatic rings. The van der Waals surface area contributed by atoms with Crippen molar-refractivity contribution in [3.8, 4) is 0 Å². The van der Waals surface area contributed by atoms with E-state index in [-0.39, 0.29) is 22.8 Å². The molecule has 0 aliphatic heterocycles. The van der Waals surface area contributed by atoms with Crippen LogP contribution in [0.5, 0.6) is 0 Å². The van der Waals surface area contributed by atoms with E-state index >= 15 is 0 Å². The van der Waals surface area contributed by atoms with Gasteiger partial charge in [0.1, 0.15) is 6.26 Å². The normalized spacial score (nSPS) is 10.4. The van der Waals surface area contributed by atoms with E-state index < -0.39 is 0 Å². The monoisotopic (exact) mass is 284 g/mol. The molecular weight excluding hydrogens is 276 g/mol. The van der Waals surface area contributed by atoms with Crippen LogP contribution in [0.3, 0.4) is 0 Å². The summed E-state index contributed by atoms with van der Waals surface area (Å²) in [6.45, 7) is 0. The van der Waals surface area contributed by atoms with Gasteiger partial charge >= 0.3 is 0 Å². The van der Waals surface area contributed by atoms with Gasteiger partial charge in [-0.05, 0) is 23.6 Å². The van der Waals surface area contributed by atoms with E-state index in [1.807, 2.05) is 0 Å². The molecule has 0 N–H and O–H groups in total. The Morgan fingerprint density at radius 1 is 1.15 bits per heavy atom. The Bertz CT molecular complexity index is 748. The van der Waals surface area contributed by atoms with Crippen LogP contribution < -0.4 is 0 Å². The molecule has 3 heterocycles. The summed E-state index contributed by atoms with van der Waals surface area (Å²) in [5.41, 5.74) is 0.564. The highest BCUT2D eigenvalue weighted by molar-refractivity contribution is 7.12. The number of hydrogen-bond donors (Lipinski definition) is 0. The Morgan fingerprint density at radius 3 is 2.75 bits per heavy atom. The lowest BCUT2D eigenvalue weighted by Gasteiger charge is -1.98. The minimum Gasteiger partial charge on any atom is -0.363 e. The van der Waals surface area contributed by atoms with Crippen LogP contribution in [0.4, 0.5) is 0 Å². The number of carbonyl (C=O) groups is 2. The Kier molecular flexibility index (Phi) is 3.22. The lowest BCUT2D eigenvalue weighted by Crippen LogP contribution is -2.09. The van der Waals surface area contributed by atoms with Gasteiger partial charge in [-0.3, -0.25) is 14.6 Å². The van der Waals surface area contributed by atoms with Gasteiger partial charge in [-0.25, -0.2) is 0 Å². The largest absolute Gasteiger partial charge is 0.363 e. The van der Waals surface area contributed by atoms with Crippen LogP contribution in [0.2, 0.25) is 0 Å². The minimum atomic E-state index is -0.334. The Morgan fingerprint density at radius 2 is 2.05 bits per heavy atom. The second-order valence-corrected chi connectivity index (χ2v) is 4.90. The molecule has 6 heteroatoms. The zero-order chi connectivity index (χ0) is 13.9. The molecule has 0 spiro atoms. The molecule has 0 bridgehead atoms. The number of rotatable bonds is 4. The predicted molar refractivity (Wildman–Crippen MR) is 71.9 cm³/mol. The molecule has 0 radical (unpaired) electrons. The van der Waals surface area contributed by atoms with Gasteiger partial charge in [0.05, 0.1) is 10.4 Å². The fourth-order valence-corrected chi connectivity index (χ4v) is 2.40. The third-order valence-electron chi connectivity index (χ3n) is 2.70. The summed E-state index contributed by atoms with van der Waals surface area (Å²) in [7, 11) is 0. The first kappa shape index (κ1) is 12.4. The van der Waals surface area contributed by atoms with E-state index in [2.05, 4.69) is 10.1 Å². The van der Waals surface area contributed by atoms with E-state index in [0.717, 1.165) is 0 Å². The van der Waals surface area contributed by atoms with E-state index in [4.69, 9.17) is 4.52 Å². The smallest absolute Gasteiger partial charge is 0.225 e. The Labute approximate surface area is 117 Å². The first-order chi connectivity index (χ1) is 9.77. The molecule has 3 aromatic heterocycles. The average Bonchev–Trinajstić information content (AvgIpc) is 3.18. The van der Waals surface area contributed by atoms with Crippen molar-refractivity contribution in [3.05, 3.63) is 70.0 Å². The number of pyridine rings is 1. The van der Waals surface area contributed by atoms with Gasteiger partial charge in [0.25, 0.3) is 0 Å². The summed E-state index contributed by atoms with van der Waals surface area (Å²) in [6.07, 6.45) is 4.20. The number of hydrogen-bond acceptors (Lipinski definition) is 6. The maximum Gasteiger partial charge on any atom is 0.225 e. The molecule has 5 nitrogen and oxygen atoms in total. The number of carbonyl (C=O) groups excluding carboxylic acids is 2. The lowest BCUT2D eigenvalue weighted by molar-refractivity contribution is 0.100. The average molecular weight is 284 g/mol. The molecular formula is C14H8N2O3S. The number of nitrogens with zero attached hydrogens (tertiary/aromatic N) is 2. The van der Waals surface area contributed by atoms with E-state index in [1.54, 1.807) is 35.8 Å². The van der Waals surface area contributed by atoms with Gasteiger partial charge in [-0.1, -0.05) is 11.2 Å². The zero-order valence-electron chi connectivity index (χ0n) is 10.1. The maximum absolute atomic E-state index is 12.3. The lowest BCUT2D eigenvalue weighted by atomic mass is 10.0. The van der Waals surface area contributed by atoms with Gasteiger partial charge in [0.15, 0.2) is 11.5 Å². The van der Waals surface area contributed by atoms with Crippen molar-refractivity contribution in [1.29, 1.82) is 0 Å². The molecule has 0 unspecified atom stereocenters. The maximum atomic E-state index is 12.3. The minimum absolute atomic E-state index is 0.0290. The van der Waals surface area contributed by atoms with Gasteiger partial charge in [-0.2, -0.15) is 0 Å². The predicted octanol–water partition coefficient (Wildman–Crippen LogP) is 2.59. The van der Waals surface area contributed by atoms with E-state index in [1.165, 1.54) is 23.8 Å². The van der Waals surface area contributed by atoms with Crippen molar-refractivity contribution < 1.29 is 14.1 Å². The summed E-state index contributed by atoms with van der Waals surface area (Å²) >= 11 is 1.29. The summed E-state index contributed by atoms with van der Waals surface area (Å²) in [5.74, 6) is -0.653. The SMILES string of the molecule is O=C(c1cccnc1)c1conc1C(=O)c1cccs1. The fraction of sp³-hybridized carbons (Fsp3) is 0. The van der Waals surface area contributed by atoms with Crippen LogP contribution in [0.15, 0.2) is 52.8 Å². The van der Waals surface area contributed by atoms with Gasteiger partial charge < -0.3 is 4.52 Å². The van der Waals surface area contributed by atoms with E-state index in [9.17, 15) is 9.59 Å². The third-order valence-corrected chi connectivity index (χ3v) is 3.57. The molecule has 0 amide bonds. The van der Waals surface area contributed by atoms with Crippen molar-refractivity contribution in [2.24, 2.45) is 0 Å². The molecule has 0 saturated heterocycles. The van der Waals surface area contributed by atoms with Crippen molar-refractivity contribution in [1.82, 2.24) is 10.1 Å². The second-order valence-electron chi connectivity index (χ2n) is 3.95. The summed E-state index contributed by atoms with van der Waals surface area (Å²) in [6, 6.07) is 6.73.